The van der Waals surface area contributed by atoms with E-state index in [2.05, 4.69) is 10.1 Å². The standard InChI is InChI=1S/C14H23NO5/c1-13(2,3)10(8-7-9(16)19-11(8)17)15-12(18)20-14(4,5)6/h8,10H,7H2,1-6H3,(H,15,18). The van der Waals surface area contributed by atoms with Crippen molar-refractivity contribution in [2.75, 3.05) is 0 Å². The van der Waals surface area contributed by atoms with Gasteiger partial charge in [0.05, 0.1) is 18.4 Å². The second kappa shape index (κ2) is 5.42. The van der Waals surface area contributed by atoms with E-state index < -0.39 is 41.0 Å². The lowest BCUT2D eigenvalue weighted by molar-refractivity contribution is -0.153. The van der Waals surface area contributed by atoms with Crippen LogP contribution >= 0.6 is 0 Å². The quantitative estimate of drug-likeness (QED) is 0.620. The summed E-state index contributed by atoms with van der Waals surface area (Å²) in [5.41, 5.74) is -1.04. The highest BCUT2D eigenvalue weighted by Crippen LogP contribution is 2.31. The van der Waals surface area contributed by atoms with Crippen LogP contribution in [0, 0.1) is 11.3 Å². The number of esters is 2. The Labute approximate surface area is 119 Å². The molecule has 0 bridgehead atoms. The van der Waals surface area contributed by atoms with Crippen molar-refractivity contribution in [1.82, 2.24) is 5.32 Å². The predicted octanol–water partition coefficient (Wildman–Crippen LogP) is 2.02. The van der Waals surface area contributed by atoms with Gasteiger partial charge in [0.15, 0.2) is 0 Å². The largest absolute Gasteiger partial charge is 0.444 e. The van der Waals surface area contributed by atoms with E-state index in [-0.39, 0.29) is 6.42 Å². The first-order chi connectivity index (χ1) is 8.90. The molecule has 1 aliphatic rings. The van der Waals surface area contributed by atoms with Gasteiger partial charge in [-0.05, 0) is 26.2 Å². The molecule has 1 amide bonds. The maximum atomic E-state index is 11.9. The van der Waals surface area contributed by atoms with Crippen LogP contribution in [0.15, 0.2) is 0 Å². The van der Waals surface area contributed by atoms with Crippen LogP contribution in [-0.2, 0) is 19.1 Å². The van der Waals surface area contributed by atoms with Crippen molar-refractivity contribution in [3.05, 3.63) is 0 Å². The molecule has 0 radical (unpaired) electrons. The van der Waals surface area contributed by atoms with Crippen molar-refractivity contribution in [3.8, 4) is 0 Å². The van der Waals surface area contributed by atoms with Crippen LogP contribution in [0.3, 0.4) is 0 Å². The van der Waals surface area contributed by atoms with Gasteiger partial charge in [-0.15, -0.1) is 0 Å². The van der Waals surface area contributed by atoms with E-state index in [4.69, 9.17) is 4.74 Å². The van der Waals surface area contributed by atoms with Gasteiger partial charge in [0.1, 0.15) is 5.60 Å². The predicted molar refractivity (Wildman–Crippen MR) is 71.8 cm³/mol. The topological polar surface area (TPSA) is 81.7 Å². The third kappa shape index (κ3) is 4.51. The van der Waals surface area contributed by atoms with Gasteiger partial charge in [-0.25, -0.2) is 4.79 Å². The first-order valence-electron chi connectivity index (χ1n) is 6.64. The number of amides is 1. The fraction of sp³-hybridized carbons (Fsp3) is 0.786. The third-order valence-electron chi connectivity index (χ3n) is 2.91. The Morgan fingerprint density at radius 1 is 1.25 bits per heavy atom. The fourth-order valence-corrected chi connectivity index (χ4v) is 2.10. The Morgan fingerprint density at radius 2 is 1.80 bits per heavy atom. The summed E-state index contributed by atoms with van der Waals surface area (Å²) in [6, 6.07) is -0.531. The zero-order valence-electron chi connectivity index (χ0n) is 12.9. The van der Waals surface area contributed by atoms with Gasteiger partial charge in [0.25, 0.3) is 0 Å². The molecule has 6 heteroatoms. The van der Waals surface area contributed by atoms with Crippen LogP contribution in [0.1, 0.15) is 48.0 Å². The normalized spacial score (nSPS) is 21.4. The minimum Gasteiger partial charge on any atom is -0.444 e. The van der Waals surface area contributed by atoms with Crippen LogP contribution in [0.2, 0.25) is 0 Å². The summed E-state index contributed by atoms with van der Waals surface area (Å²) in [6.45, 7) is 10.9. The molecule has 0 spiro atoms. The molecule has 1 N–H and O–H groups in total. The van der Waals surface area contributed by atoms with Gasteiger partial charge in [-0.1, -0.05) is 20.8 Å². The van der Waals surface area contributed by atoms with Gasteiger partial charge >= 0.3 is 18.0 Å². The summed E-state index contributed by atoms with van der Waals surface area (Å²) in [7, 11) is 0. The average molecular weight is 285 g/mol. The summed E-state index contributed by atoms with van der Waals surface area (Å²) < 4.78 is 9.76. The number of hydrogen-bond acceptors (Lipinski definition) is 5. The molecule has 0 aromatic carbocycles. The highest BCUT2D eigenvalue weighted by atomic mass is 16.6. The first kappa shape index (κ1) is 16.5. The van der Waals surface area contributed by atoms with E-state index in [0.717, 1.165) is 0 Å². The number of nitrogens with one attached hydrogen (secondary N) is 1. The lowest BCUT2D eigenvalue weighted by atomic mass is 9.78. The van der Waals surface area contributed by atoms with Crippen LogP contribution in [-0.4, -0.2) is 29.7 Å². The zero-order chi connectivity index (χ0) is 15.7. The molecule has 6 nitrogen and oxygen atoms in total. The summed E-state index contributed by atoms with van der Waals surface area (Å²) in [5, 5.41) is 2.69. The molecule has 20 heavy (non-hydrogen) atoms. The minimum atomic E-state index is -0.671. The Kier molecular flexibility index (Phi) is 4.46. The van der Waals surface area contributed by atoms with Crippen LogP contribution < -0.4 is 5.32 Å². The summed E-state index contributed by atoms with van der Waals surface area (Å²) in [4.78, 5) is 34.8. The lowest BCUT2D eigenvalue weighted by Crippen LogP contribution is -2.51. The molecule has 1 saturated heterocycles. The maximum absolute atomic E-state index is 11.9. The molecule has 1 heterocycles. The van der Waals surface area contributed by atoms with Crippen molar-refractivity contribution in [1.29, 1.82) is 0 Å². The number of carbonyl (C=O) groups is 3. The summed E-state index contributed by atoms with van der Waals surface area (Å²) in [6.07, 6.45) is -0.624. The molecule has 0 aliphatic carbocycles. The molecule has 2 atom stereocenters. The van der Waals surface area contributed by atoms with Crippen molar-refractivity contribution in [2.24, 2.45) is 11.3 Å². The molecule has 1 aliphatic heterocycles. The van der Waals surface area contributed by atoms with Gasteiger partial charge in [0.2, 0.25) is 0 Å². The lowest BCUT2D eigenvalue weighted by Gasteiger charge is -2.34. The summed E-state index contributed by atoms with van der Waals surface area (Å²) >= 11 is 0. The molecule has 1 rings (SSSR count). The Morgan fingerprint density at radius 3 is 2.15 bits per heavy atom. The van der Waals surface area contributed by atoms with Crippen molar-refractivity contribution >= 4 is 18.0 Å². The highest BCUT2D eigenvalue weighted by Gasteiger charge is 2.45. The second-order valence-electron chi connectivity index (χ2n) is 7.09. The van der Waals surface area contributed by atoms with E-state index in [1.165, 1.54) is 0 Å². The second-order valence-corrected chi connectivity index (χ2v) is 7.09. The molecule has 1 fully saturated rings. The fourth-order valence-electron chi connectivity index (χ4n) is 2.10. The van der Waals surface area contributed by atoms with E-state index >= 15 is 0 Å². The Balaban J connectivity index is 2.84. The average Bonchev–Trinajstić information content (AvgIpc) is 2.49. The Hall–Kier alpha value is -1.59. The van der Waals surface area contributed by atoms with E-state index in [1.54, 1.807) is 20.8 Å². The molecule has 0 aromatic heterocycles. The number of cyclic esters (lactones) is 2. The zero-order valence-corrected chi connectivity index (χ0v) is 12.9. The summed E-state index contributed by atoms with van der Waals surface area (Å²) in [5.74, 6) is -1.82. The number of carbonyl (C=O) groups excluding carboxylic acids is 3. The monoisotopic (exact) mass is 285 g/mol. The van der Waals surface area contributed by atoms with Gasteiger partial charge in [-0.2, -0.15) is 0 Å². The molecule has 114 valence electrons. The number of hydrogen-bond donors (Lipinski definition) is 1. The van der Waals surface area contributed by atoms with Crippen LogP contribution in [0.25, 0.3) is 0 Å². The SMILES string of the molecule is CC(C)(C)OC(=O)NC(C1CC(=O)OC1=O)C(C)(C)C. The van der Waals surface area contributed by atoms with Crippen LogP contribution in [0.5, 0.6) is 0 Å². The molecule has 0 aromatic rings. The van der Waals surface area contributed by atoms with Crippen molar-refractivity contribution in [2.45, 2.75) is 59.6 Å². The van der Waals surface area contributed by atoms with E-state index in [9.17, 15) is 14.4 Å². The first-order valence-corrected chi connectivity index (χ1v) is 6.64. The van der Waals surface area contributed by atoms with Crippen LogP contribution in [0.4, 0.5) is 4.79 Å². The van der Waals surface area contributed by atoms with E-state index in [1.807, 2.05) is 20.8 Å². The number of ether oxygens (including phenoxy) is 2. The molecular weight excluding hydrogens is 262 g/mol. The van der Waals surface area contributed by atoms with Gasteiger partial charge in [-0.3, -0.25) is 9.59 Å². The van der Waals surface area contributed by atoms with Gasteiger partial charge < -0.3 is 14.8 Å². The van der Waals surface area contributed by atoms with Crippen molar-refractivity contribution in [3.63, 3.8) is 0 Å². The molecule has 2 unspecified atom stereocenters. The molecular formula is C14H23NO5. The minimum absolute atomic E-state index is 0.0173. The maximum Gasteiger partial charge on any atom is 0.407 e. The Bertz CT molecular complexity index is 416. The van der Waals surface area contributed by atoms with Gasteiger partial charge in [0, 0.05) is 0 Å². The van der Waals surface area contributed by atoms with E-state index in [0.29, 0.717) is 0 Å². The molecule has 0 saturated carbocycles. The van der Waals surface area contributed by atoms with Crippen molar-refractivity contribution < 1.29 is 23.9 Å². The number of alkyl carbamates (subject to hydrolysis) is 1. The number of rotatable bonds is 2. The smallest absolute Gasteiger partial charge is 0.407 e. The highest BCUT2D eigenvalue weighted by molar-refractivity contribution is 5.95. The third-order valence-corrected chi connectivity index (χ3v) is 2.91.